The summed E-state index contributed by atoms with van der Waals surface area (Å²) in [6.07, 6.45) is 0. The van der Waals surface area contributed by atoms with Gasteiger partial charge in [-0.15, -0.1) is 23.1 Å². The fraction of sp³-hybridized carbons (Fsp3) is 0.353. The maximum atomic E-state index is 12.8. The number of thiazole rings is 1. The third kappa shape index (κ3) is 4.65. The van der Waals surface area contributed by atoms with Crippen LogP contribution < -0.4 is 11.1 Å². The van der Waals surface area contributed by atoms with Gasteiger partial charge in [0.1, 0.15) is 35.5 Å². The van der Waals surface area contributed by atoms with Crippen LogP contribution in [0, 0.1) is 11.3 Å². The van der Waals surface area contributed by atoms with Gasteiger partial charge < -0.3 is 25.7 Å². The number of rotatable bonds is 8. The second-order valence-electron chi connectivity index (χ2n) is 6.34. The summed E-state index contributed by atoms with van der Waals surface area (Å²) in [5.41, 5.74) is 5.40. The maximum absolute atomic E-state index is 12.8. The zero-order valence-corrected chi connectivity index (χ0v) is 18.1. The van der Waals surface area contributed by atoms with Crippen molar-refractivity contribution in [2.24, 2.45) is 5.16 Å². The molecule has 13 nitrogen and oxygen atoms in total. The number of hydrogen-bond donors (Lipinski definition) is 3. The van der Waals surface area contributed by atoms with E-state index in [1.165, 1.54) is 24.1 Å². The number of nitrogens with two attached hydrogens (primary N) is 1. The van der Waals surface area contributed by atoms with Crippen LogP contribution in [0.5, 0.6) is 0 Å². The molecule has 3 heterocycles. The molecule has 0 spiro atoms. The Morgan fingerprint density at radius 2 is 2.25 bits per heavy atom. The quantitative estimate of drug-likeness (QED) is 0.139. The predicted molar refractivity (Wildman–Crippen MR) is 111 cm³/mol. The van der Waals surface area contributed by atoms with E-state index in [4.69, 9.17) is 20.6 Å². The normalized spacial score (nSPS) is 20.1. The monoisotopic (exact) mass is 480 g/mol. The number of β-lactam (4-membered cyclic amide) rings is 1. The van der Waals surface area contributed by atoms with Gasteiger partial charge in [-0.05, 0) is 0 Å². The van der Waals surface area contributed by atoms with Crippen LogP contribution in [0.25, 0.3) is 0 Å². The molecule has 168 valence electrons. The standard InChI is InChI=1S/C17H16N6O7S2/c1-7(24)29-4-8-5-31-15-11(14(26)23(15)12(8)16(27)28)21-13(25)10(22-30-3-2-18)9-6-32-17(19)20-9/h6,11,15H,3-5H2,1H3,(H2,19,20)(H,21,25)(H,27,28)/t11?,15-/m1/s1. The summed E-state index contributed by atoms with van der Waals surface area (Å²) in [6, 6.07) is 0.670. The molecule has 2 aliphatic rings. The summed E-state index contributed by atoms with van der Waals surface area (Å²) in [5.74, 6) is -3.20. The molecule has 3 rings (SSSR count). The molecule has 0 bridgehead atoms. The lowest BCUT2D eigenvalue weighted by molar-refractivity contribution is -0.150. The van der Waals surface area contributed by atoms with Crippen LogP contribution in [0.3, 0.4) is 0 Å². The molecule has 1 unspecified atom stereocenters. The Morgan fingerprint density at radius 1 is 1.50 bits per heavy atom. The van der Waals surface area contributed by atoms with E-state index in [2.05, 4.69) is 15.5 Å². The summed E-state index contributed by atoms with van der Waals surface area (Å²) in [4.78, 5) is 58.1. The molecule has 1 aromatic heterocycles. The smallest absolute Gasteiger partial charge is 0.352 e. The van der Waals surface area contributed by atoms with Crippen molar-refractivity contribution in [2.75, 3.05) is 24.7 Å². The highest BCUT2D eigenvalue weighted by Gasteiger charge is 2.54. The summed E-state index contributed by atoms with van der Waals surface area (Å²) in [5, 5.41) is 25.2. The Balaban J connectivity index is 1.78. The van der Waals surface area contributed by atoms with Crippen LogP contribution in [0.1, 0.15) is 12.6 Å². The van der Waals surface area contributed by atoms with E-state index in [0.717, 1.165) is 16.2 Å². The minimum absolute atomic E-state index is 0.0951. The summed E-state index contributed by atoms with van der Waals surface area (Å²) in [7, 11) is 0. The number of oxime groups is 1. The van der Waals surface area contributed by atoms with Crippen molar-refractivity contribution in [3.05, 3.63) is 22.3 Å². The topological polar surface area (TPSA) is 197 Å². The molecule has 2 atom stereocenters. The predicted octanol–water partition coefficient (Wildman–Crippen LogP) is -0.729. The van der Waals surface area contributed by atoms with E-state index in [-0.39, 0.29) is 40.2 Å². The molecule has 2 aliphatic heterocycles. The zero-order chi connectivity index (χ0) is 23.4. The number of fused-ring (bicyclic) bond motifs is 1. The number of carbonyl (C=O) groups excluding carboxylic acids is 3. The number of aliphatic carboxylic acids is 1. The first-order chi connectivity index (χ1) is 15.2. The molecule has 0 aliphatic carbocycles. The van der Waals surface area contributed by atoms with Crippen LogP contribution in [0.15, 0.2) is 21.8 Å². The fourth-order valence-electron chi connectivity index (χ4n) is 2.92. The number of nitriles is 1. The third-order valence-corrected chi connectivity index (χ3v) is 6.26. The number of aromatic nitrogens is 1. The molecular weight excluding hydrogens is 464 g/mol. The molecule has 4 N–H and O–H groups in total. The Kier molecular flexibility index (Phi) is 6.95. The van der Waals surface area contributed by atoms with E-state index in [1.807, 2.05) is 0 Å². The van der Waals surface area contributed by atoms with Crippen LogP contribution in [0.2, 0.25) is 0 Å². The van der Waals surface area contributed by atoms with Crippen molar-refractivity contribution < 1.29 is 33.9 Å². The molecule has 1 fully saturated rings. The van der Waals surface area contributed by atoms with Crippen LogP contribution in [-0.4, -0.2) is 74.8 Å². The lowest BCUT2D eigenvalue weighted by Gasteiger charge is -2.49. The number of carbonyl (C=O) groups is 4. The van der Waals surface area contributed by atoms with Gasteiger partial charge in [0.25, 0.3) is 11.8 Å². The zero-order valence-electron chi connectivity index (χ0n) is 16.4. The molecule has 1 aromatic rings. The molecule has 1 saturated heterocycles. The molecule has 0 radical (unpaired) electrons. The van der Waals surface area contributed by atoms with Crippen LogP contribution in [0.4, 0.5) is 5.13 Å². The van der Waals surface area contributed by atoms with Gasteiger partial charge in [-0.3, -0.25) is 19.3 Å². The third-order valence-electron chi connectivity index (χ3n) is 4.25. The Bertz CT molecular complexity index is 1080. The number of thioether (sulfide) groups is 1. The highest BCUT2D eigenvalue weighted by Crippen LogP contribution is 2.40. The first-order valence-corrected chi connectivity index (χ1v) is 10.8. The molecule has 32 heavy (non-hydrogen) atoms. The van der Waals surface area contributed by atoms with Gasteiger partial charge >= 0.3 is 11.9 Å². The van der Waals surface area contributed by atoms with Crippen molar-refractivity contribution in [1.29, 1.82) is 5.26 Å². The molecule has 2 amide bonds. The minimum Gasteiger partial charge on any atom is -0.477 e. The number of amides is 2. The molecule has 15 heteroatoms. The average Bonchev–Trinajstić information content (AvgIpc) is 3.18. The summed E-state index contributed by atoms with van der Waals surface area (Å²) >= 11 is 2.27. The summed E-state index contributed by atoms with van der Waals surface area (Å²) < 4.78 is 4.88. The number of ether oxygens (including phenoxy) is 1. The minimum atomic E-state index is -1.35. The highest BCUT2D eigenvalue weighted by atomic mass is 32.2. The lowest BCUT2D eigenvalue weighted by Crippen LogP contribution is -2.71. The maximum Gasteiger partial charge on any atom is 0.352 e. The van der Waals surface area contributed by atoms with E-state index >= 15 is 0 Å². The lowest BCUT2D eigenvalue weighted by atomic mass is 10.0. The number of esters is 1. The van der Waals surface area contributed by atoms with Crippen LogP contribution >= 0.6 is 23.1 Å². The van der Waals surface area contributed by atoms with Gasteiger partial charge in [0, 0.05) is 23.6 Å². The van der Waals surface area contributed by atoms with E-state index in [9.17, 15) is 24.3 Å². The van der Waals surface area contributed by atoms with Crippen molar-refractivity contribution in [2.45, 2.75) is 18.3 Å². The largest absolute Gasteiger partial charge is 0.477 e. The second kappa shape index (κ2) is 9.66. The number of anilines is 1. The van der Waals surface area contributed by atoms with Crippen molar-refractivity contribution >= 4 is 57.7 Å². The van der Waals surface area contributed by atoms with Gasteiger partial charge in [0.2, 0.25) is 6.61 Å². The SMILES string of the molecule is CC(=O)OCC1=C(C(=O)O)N2C(=O)C(NC(=O)C(=NOCC#N)c3csc(N)n3)[C@H]2SC1. The van der Waals surface area contributed by atoms with Gasteiger partial charge in [-0.1, -0.05) is 5.16 Å². The van der Waals surface area contributed by atoms with E-state index in [0.29, 0.717) is 0 Å². The van der Waals surface area contributed by atoms with Crippen molar-refractivity contribution in [1.82, 2.24) is 15.2 Å². The van der Waals surface area contributed by atoms with E-state index in [1.54, 1.807) is 6.07 Å². The average molecular weight is 480 g/mol. The second-order valence-corrected chi connectivity index (χ2v) is 8.34. The van der Waals surface area contributed by atoms with Gasteiger partial charge in [-0.2, -0.15) is 5.26 Å². The first-order valence-electron chi connectivity index (χ1n) is 8.87. The molecule has 0 aromatic carbocycles. The Labute approximate surface area is 188 Å². The Morgan fingerprint density at radius 3 is 2.84 bits per heavy atom. The van der Waals surface area contributed by atoms with Gasteiger partial charge in [-0.25, -0.2) is 9.78 Å². The number of carboxylic acids is 1. The van der Waals surface area contributed by atoms with E-state index < -0.39 is 41.8 Å². The fourth-order valence-corrected chi connectivity index (χ4v) is 4.79. The van der Waals surface area contributed by atoms with Gasteiger partial charge in [0.15, 0.2) is 10.8 Å². The number of nitrogens with zero attached hydrogens (tertiary/aromatic N) is 4. The number of nitrogen functional groups attached to an aromatic ring is 1. The number of carboxylic acid groups (broad SMARTS) is 1. The number of hydrogen-bond acceptors (Lipinski definition) is 12. The Hall–Kier alpha value is -3.64. The van der Waals surface area contributed by atoms with Gasteiger partial charge in [0.05, 0.1) is 0 Å². The number of nitrogens with one attached hydrogen (secondary N) is 1. The summed E-state index contributed by atoms with van der Waals surface area (Å²) in [6.45, 7) is 0.522. The first kappa shape index (κ1) is 23.0. The van der Waals surface area contributed by atoms with Crippen LogP contribution in [-0.2, 0) is 28.8 Å². The molecular formula is C17H16N6O7S2. The molecule has 0 saturated carbocycles. The highest BCUT2D eigenvalue weighted by molar-refractivity contribution is 8.00. The van der Waals surface area contributed by atoms with Crippen molar-refractivity contribution in [3.63, 3.8) is 0 Å². The van der Waals surface area contributed by atoms with Crippen molar-refractivity contribution in [3.8, 4) is 6.07 Å².